The summed E-state index contributed by atoms with van der Waals surface area (Å²) < 4.78 is 0. The minimum atomic E-state index is 0.463. The molecule has 1 heteroatoms. The van der Waals surface area contributed by atoms with Gasteiger partial charge in [-0.1, -0.05) is 30.3 Å². The molecule has 0 spiro atoms. The lowest BCUT2D eigenvalue weighted by atomic mass is 10.0. The van der Waals surface area contributed by atoms with Crippen molar-refractivity contribution in [2.24, 2.45) is 0 Å². The molecule has 0 saturated heterocycles. The first-order chi connectivity index (χ1) is 6.86. The summed E-state index contributed by atoms with van der Waals surface area (Å²) in [5.41, 5.74) is 1.37. The standard InChI is InChI=1S/C13H17N/c1-3-4-10-13(14-2)11-12-8-6-5-7-9-12/h5-9,13-14H,10-11H2,1-2H3. The molecule has 0 radical (unpaired) electrons. The van der Waals surface area contributed by atoms with Crippen LogP contribution in [0.15, 0.2) is 30.3 Å². The van der Waals surface area contributed by atoms with Crippen molar-refractivity contribution >= 4 is 0 Å². The van der Waals surface area contributed by atoms with Crippen molar-refractivity contribution in [2.75, 3.05) is 7.05 Å². The molecule has 1 aromatic carbocycles. The van der Waals surface area contributed by atoms with Gasteiger partial charge in [-0.2, -0.15) is 0 Å². The van der Waals surface area contributed by atoms with E-state index in [4.69, 9.17) is 0 Å². The topological polar surface area (TPSA) is 12.0 Å². The van der Waals surface area contributed by atoms with Crippen LogP contribution in [0.5, 0.6) is 0 Å². The average Bonchev–Trinajstić information content (AvgIpc) is 2.25. The summed E-state index contributed by atoms with van der Waals surface area (Å²) >= 11 is 0. The molecule has 1 N–H and O–H groups in total. The van der Waals surface area contributed by atoms with Crippen LogP contribution < -0.4 is 5.32 Å². The second-order valence-corrected chi connectivity index (χ2v) is 3.31. The van der Waals surface area contributed by atoms with Gasteiger partial charge >= 0.3 is 0 Å². The second kappa shape index (κ2) is 6.23. The Morgan fingerprint density at radius 2 is 2.00 bits per heavy atom. The number of benzene rings is 1. The molecule has 1 aromatic rings. The van der Waals surface area contributed by atoms with Gasteiger partial charge in [0.2, 0.25) is 0 Å². The molecule has 0 bridgehead atoms. The van der Waals surface area contributed by atoms with Gasteiger partial charge in [-0.3, -0.25) is 0 Å². The summed E-state index contributed by atoms with van der Waals surface area (Å²) in [6.07, 6.45) is 1.97. The Labute approximate surface area is 86.5 Å². The van der Waals surface area contributed by atoms with Crippen LogP contribution >= 0.6 is 0 Å². The molecule has 1 unspecified atom stereocenters. The van der Waals surface area contributed by atoms with Crippen LogP contribution in [0.4, 0.5) is 0 Å². The van der Waals surface area contributed by atoms with Crippen molar-refractivity contribution in [1.82, 2.24) is 5.32 Å². The Hall–Kier alpha value is -1.26. The number of nitrogens with one attached hydrogen (secondary N) is 1. The van der Waals surface area contributed by atoms with Crippen LogP contribution in [0.25, 0.3) is 0 Å². The van der Waals surface area contributed by atoms with Gasteiger partial charge in [0, 0.05) is 12.5 Å². The smallest absolute Gasteiger partial charge is 0.0246 e. The Morgan fingerprint density at radius 3 is 2.57 bits per heavy atom. The Balaban J connectivity index is 2.51. The summed E-state index contributed by atoms with van der Waals surface area (Å²) in [7, 11) is 1.99. The van der Waals surface area contributed by atoms with E-state index in [0.717, 1.165) is 12.8 Å². The zero-order valence-electron chi connectivity index (χ0n) is 8.88. The zero-order valence-corrected chi connectivity index (χ0v) is 8.88. The van der Waals surface area contributed by atoms with E-state index in [9.17, 15) is 0 Å². The molecule has 1 rings (SSSR count). The van der Waals surface area contributed by atoms with Gasteiger partial charge in [0.1, 0.15) is 0 Å². The molecule has 1 atom stereocenters. The van der Waals surface area contributed by atoms with Gasteiger partial charge in [0.15, 0.2) is 0 Å². The van der Waals surface area contributed by atoms with Gasteiger partial charge in [0.25, 0.3) is 0 Å². The number of likely N-dealkylation sites (N-methyl/N-ethyl adjacent to an activating group) is 1. The highest BCUT2D eigenvalue weighted by atomic mass is 14.9. The van der Waals surface area contributed by atoms with Crippen molar-refractivity contribution in [3.63, 3.8) is 0 Å². The van der Waals surface area contributed by atoms with E-state index >= 15 is 0 Å². The van der Waals surface area contributed by atoms with Gasteiger partial charge in [0.05, 0.1) is 0 Å². The van der Waals surface area contributed by atoms with Crippen LogP contribution in [0.2, 0.25) is 0 Å². The van der Waals surface area contributed by atoms with Crippen molar-refractivity contribution in [3.05, 3.63) is 35.9 Å². The van der Waals surface area contributed by atoms with Crippen LogP contribution in [0.3, 0.4) is 0 Å². The fraction of sp³-hybridized carbons (Fsp3) is 0.385. The molecule has 0 aliphatic heterocycles. The Bertz CT molecular complexity index is 305. The van der Waals surface area contributed by atoms with Crippen molar-refractivity contribution in [3.8, 4) is 11.8 Å². The molecule has 0 fully saturated rings. The average molecular weight is 187 g/mol. The van der Waals surface area contributed by atoms with Crippen molar-refractivity contribution in [1.29, 1.82) is 0 Å². The summed E-state index contributed by atoms with van der Waals surface area (Å²) in [5.74, 6) is 6.04. The van der Waals surface area contributed by atoms with Gasteiger partial charge in [-0.15, -0.1) is 11.8 Å². The molecule has 0 aromatic heterocycles. The summed E-state index contributed by atoms with van der Waals surface area (Å²) in [6, 6.07) is 11.0. The second-order valence-electron chi connectivity index (χ2n) is 3.31. The van der Waals surface area contributed by atoms with E-state index in [1.165, 1.54) is 5.56 Å². The minimum absolute atomic E-state index is 0.463. The largest absolute Gasteiger partial charge is 0.316 e. The highest BCUT2D eigenvalue weighted by molar-refractivity contribution is 5.16. The predicted octanol–water partition coefficient (Wildman–Crippen LogP) is 2.23. The van der Waals surface area contributed by atoms with Crippen molar-refractivity contribution < 1.29 is 0 Å². The normalized spacial score (nSPS) is 11.6. The fourth-order valence-corrected chi connectivity index (χ4v) is 1.40. The predicted molar refractivity (Wildman–Crippen MR) is 61.1 cm³/mol. The molecule has 0 saturated carbocycles. The Kier molecular flexibility index (Phi) is 4.82. The lowest BCUT2D eigenvalue weighted by Gasteiger charge is -2.12. The van der Waals surface area contributed by atoms with E-state index in [1.807, 2.05) is 20.0 Å². The molecular formula is C13H17N. The van der Waals surface area contributed by atoms with Crippen LogP contribution in [-0.4, -0.2) is 13.1 Å². The third-order valence-corrected chi connectivity index (χ3v) is 2.26. The lowest BCUT2D eigenvalue weighted by molar-refractivity contribution is 0.573. The van der Waals surface area contributed by atoms with Crippen molar-refractivity contribution in [2.45, 2.75) is 25.8 Å². The molecule has 0 heterocycles. The Morgan fingerprint density at radius 1 is 1.29 bits per heavy atom. The molecule has 74 valence electrons. The van der Waals surface area contributed by atoms with Crippen LogP contribution in [0, 0.1) is 11.8 Å². The quantitative estimate of drug-likeness (QED) is 0.713. The maximum atomic E-state index is 3.28. The summed E-state index contributed by atoms with van der Waals surface area (Å²) in [6.45, 7) is 1.88. The van der Waals surface area contributed by atoms with Gasteiger partial charge in [-0.25, -0.2) is 0 Å². The lowest BCUT2D eigenvalue weighted by Crippen LogP contribution is -2.26. The van der Waals surface area contributed by atoms with E-state index < -0.39 is 0 Å². The third-order valence-electron chi connectivity index (χ3n) is 2.26. The minimum Gasteiger partial charge on any atom is -0.316 e. The first-order valence-corrected chi connectivity index (χ1v) is 4.97. The van der Waals surface area contributed by atoms with E-state index in [2.05, 4.69) is 41.4 Å². The molecule has 0 aliphatic carbocycles. The van der Waals surface area contributed by atoms with E-state index in [0.29, 0.717) is 6.04 Å². The first kappa shape index (κ1) is 10.8. The molecule has 14 heavy (non-hydrogen) atoms. The summed E-state index contributed by atoms with van der Waals surface area (Å²) in [5, 5.41) is 3.28. The SMILES string of the molecule is CC#CCC(Cc1ccccc1)NC. The monoisotopic (exact) mass is 187 g/mol. The maximum Gasteiger partial charge on any atom is 0.0246 e. The third kappa shape index (κ3) is 3.64. The fourth-order valence-electron chi connectivity index (χ4n) is 1.40. The van der Waals surface area contributed by atoms with E-state index in [1.54, 1.807) is 0 Å². The molecule has 0 aliphatic rings. The first-order valence-electron chi connectivity index (χ1n) is 4.97. The highest BCUT2D eigenvalue weighted by Gasteiger charge is 2.04. The van der Waals surface area contributed by atoms with Gasteiger partial charge < -0.3 is 5.32 Å². The maximum absolute atomic E-state index is 3.28. The zero-order chi connectivity index (χ0) is 10.2. The van der Waals surface area contributed by atoms with Crippen LogP contribution in [0.1, 0.15) is 18.9 Å². The molecule has 0 amide bonds. The molecule has 1 nitrogen and oxygen atoms in total. The van der Waals surface area contributed by atoms with E-state index in [-0.39, 0.29) is 0 Å². The number of hydrogen-bond acceptors (Lipinski definition) is 1. The number of hydrogen-bond donors (Lipinski definition) is 1. The molecular weight excluding hydrogens is 170 g/mol. The summed E-state index contributed by atoms with van der Waals surface area (Å²) in [4.78, 5) is 0. The highest BCUT2D eigenvalue weighted by Crippen LogP contribution is 2.04. The van der Waals surface area contributed by atoms with Crippen LogP contribution in [-0.2, 0) is 6.42 Å². The number of rotatable bonds is 4. The van der Waals surface area contributed by atoms with Gasteiger partial charge in [-0.05, 0) is 26.0 Å².